The molecule has 0 saturated carbocycles. The topological polar surface area (TPSA) is 22.1 Å². The van der Waals surface area contributed by atoms with Crippen LogP contribution in [0, 0.1) is 6.92 Å². The molecule has 0 N–H and O–H groups in total. The Hall–Kier alpha value is -1.58. The molecule has 0 aliphatic carbocycles. The molecule has 1 heterocycles. The van der Waals surface area contributed by atoms with Crippen molar-refractivity contribution in [1.82, 2.24) is 4.98 Å². The van der Waals surface area contributed by atoms with Gasteiger partial charge in [-0.1, -0.05) is 40.2 Å². The lowest BCUT2D eigenvalue weighted by molar-refractivity contribution is 0.464. The Labute approximate surface area is 136 Å². The van der Waals surface area contributed by atoms with E-state index in [2.05, 4.69) is 20.9 Å². The Morgan fingerprint density at radius 1 is 1.14 bits per heavy atom. The summed E-state index contributed by atoms with van der Waals surface area (Å²) in [6, 6.07) is 15.9. The normalized spacial score (nSPS) is 10.8. The van der Waals surface area contributed by atoms with Gasteiger partial charge in [-0.15, -0.1) is 11.6 Å². The molecule has 0 radical (unpaired) electrons. The minimum absolute atomic E-state index is 0.360. The lowest BCUT2D eigenvalue weighted by atomic mass is 10.1. The predicted octanol–water partition coefficient (Wildman–Crippen LogP) is 5.84. The molecule has 2 aromatic carbocycles. The average Bonchev–Trinajstić information content (AvgIpc) is 2.50. The van der Waals surface area contributed by atoms with Crippen LogP contribution in [0.5, 0.6) is 11.6 Å². The van der Waals surface area contributed by atoms with E-state index >= 15 is 0 Å². The van der Waals surface area contributed by atoms with E-state index in [1.807, 2.05) is 55.5 Å². The van der Waals surface area contributed by atoms with E-state index < -0.39 is 0 Å². The molecule has 2 nitrogen and oxygen atoms in total. The molecule has 3 rings (SSSR count). The Bertz CT molecular complexity index is 804. The summed E-state index contributed by atoms with van der Waals surface area (Å²) in [5.41, 5.74) is 1.86. The summed E-state index contributed by atoms with van der Waals surface area (Å²) >= 11 is 9.40. The zero-order chi connectivity index (χ0) is 14.8. The first-order chi connectivity index (χ1) is 10.2. The number of pyridine rings is 1. The first-order valence-electron chi connectivity index (χ1n) is 6.56. The van der Waals surface area contributed by atoms with Gasteiger partial charge in [-0.05, 0) is 42.1 Å². The number of halogens is 2. The minimum Gasteiger partial charge on any atom is -0.438 e. The van der Waals surface area contributed by atoms with Crippen LogP contribution >= 0.6 is 27.5 Å². The Morgan fingerprint density at radius 2 is 1.95 bits per heavy atom. The van der Waals surface area contributed by atoms with Crippen molar-refractivity contribution in [2.45, 2.75) is 12.8 Å². The average molecular weight is 363 g/mol. The summed E-state index contributed by atoms with van der Waals surface area (Å²) in [5, 5.41) is 2.05. The van der Waals surface area contributed by atoms with Crippen LogP contribution in [0.15, 0.2) is 53.0 Å². The number of aryl methyl sites for hydroxylation is 1. The van der Waals surface area contributed by atoms with Crippen molar-refractivity contribution in [3.05, 3.63) is 64.3 Å². The number of nitrogens with zero attached hydrogens (tertiary/aromatic N) is 1. The molecule has 106 valence electrons. The molecule has 0 aliphatic heterocycles. The molecule has 0 aliphatic rings. The van der Waals surface area contributed by atoms with Gasteiger partial charge in [0, 0.05) is 9.86 Å². The maximum Gasteiger partial charge on any atom is 0.227 e. The summed E-state index contributed by atoms with van der Waals surface area (Å²) in [5.74, 6) is 1.73. The number of hydrogen-bond acceptors (Lipinski definition) is 2. The van der Waals surface area contributed by atoms with Crippen molar-refractivity contribution in [3.63, 3.8) is 0 Å². The van der Waals surface area contributed by atoms with E-state index in [1.54, 1.807) is 0 Å². The third-order valence-electron chi connectivity index (χ3n) is 3.25. The molecule has 21 heavy (non-hydrogen) atoms. The second-order valence-corrected chi connectivity index (χ2v) is 5.97. The van der Waals surface area contributed by atoms with Gasteiger partial charge in [0.05, 0.1) is 11.6 Å². The SMILES string of the molecule is Cc1ccc(Br)cc1Oc1nc(CCl)cc2ccccc12. The molecular formula is C17H13BrClNO. The van der Waals surface area contributed by atoms with E-state index in [4.69, 9.17) is 16.3 Å². The molecule has 1 aromatic heterocycles. The lowest BCUT2D eigenvalue weighted by Gasteiger charge is -2.12. The van der Waals surface area contributed by atoms with Crippen molar-refractivity contribution in [2.75, 3.05) is 0 Å². The Kier molecular flexibility index (Phi) is 4.13. The first kappa shape index (κ1) is 14.4. The van der Waals surface area contributed by atoms with Crippen LogP contribution in [-0.2, 0) is 5.88 Å². The number of benzene rings is 2. The molecule has 0 saturated heterocycles. The van der Waals surface area contributed by atoms with Crippen molar-refractivity contribution >= 4 is 38.3 Å². The standard InChI is InChI=1S/C17H13BrClNO/c1-11-6-7-13(18)9-16(11)21-17-15-5-3-2-4-12(15)8-14(10-19)20-17/h2-9H,10H2,1H3. The van der Waals surface area contributed by atoms with Crippen LogP contribution in [0.4, 0.5) is 0 Å². The van der Waals surface area contributed by atoms with Crippen molar-refractivity contribution in [3.8, 4) is 11.6 Å². The maximum atomic E-state index is 6.05. The summed E-state index contributed by atoms with van der Waals surface area (Å²) in [4.78, 5) is 4.52. The van der Waals surface area contributed by atoms with Gasteiger partial charge >= 0.3 is 0 Å². The Balaban J connectivity index is 2.13. The number of hydrogen-bond donors (Lipinski definition) is 0. The van der Waals surface area contributed by atoms with Crippen molar-refractivity contribution in [1.29, 1.82) is 0 Å². The fraction of sp³-hybridized carbons (Fsp3) is 0.118. The fourth-order valence-corrected chi connectivity index (χ4v) is 2.63. The van der Waals surface area contributed by atoms with Crippen LogP contribution in [0.3, 0.4) is 0 Å². The third-order valence-corrected chi connectivity index (χ3v) is 4.02. The highest BCUT2D eigenvalue weighted by Crippen LogP contribution is 2.32. The molecule has 0 spiro atoms. The van der Waals surface area contributed by atoms with Crippen LogP contribution in [0.1, 0.15) is 11.3 Å². The van der Waals surface area contributed by atoms with Gasteiger partial charge in [-0.25, -0.2) is 4.98 Å². The highest BCUT2D eigenvalue weighted by atomic mass is 79.9. The highest BCUT2D eigenvalue weighted by Gasteiger charge is 2.09. The largest absolute Gasteiger partial charge is 0.438 e. The third kappa shape index (κ3) is 3.04. The molecule has 0 bridgehead atoms. The smallest absolute Gasteiger partial charge is 0.227 e. The molecule has 0 atom stereocenters. The first-order valence-corrected chi connectivity index (χ1v) is 7.89. The number of rotatable bonds is 3. The molecule has 0 unspecified atom stereocenters. The van der Waals surface area contributed by atoms with Gasteiger partial charge in [0.2, 0.25) is 5.88 Å². The number of ether oxygens (including phenoxy) is 1. The molecule has 0 amide bonds. The number of alkyl halides is 1. The van der Waals surface area contributed by atoms with Crippen molar-refractivity contribution in [2.24, 2.45) is 0 Å². The zero-order valence-electron chi connectivity index (χ0n) is 11.4. The van der Waals surface area contributed by atoms with E-state index in [-0.39, 0.29) is 0 Å². The van der Waals surface area contributed by atoms with Gasteiger partial charge in [0.15, 0.2) is 0 Å². The van der Waals surface area contributed by atoms with Gasteiger partial charge in [0.1, 0.15) is 5.75 Å². The number of aromatic nitrogens is 1. The Morgan fingerprint density at radius 3 is 2.76 bits per heavy atom. The molecule has 0 fully saturated rings. The quantitative estimate of drug-likeness (QED) is 0.546. The predicted molar refractivity (Wildman–Crippen MR) is 90.3 cm³/mol. The second-order valence-electron chi connectivity index (χ2n) is 4.79. The summed E-state index contributed by atoms with van der Waals surface area (Å²) < 4.78 is 7.02. The summed E-state index contributed by atoms with van der Waals surface area (Å²) in [7, 11) is 0. The van der Waals surface area contributed by atoms with Gasteiger partial charge in [-0.2, -0.15) is 0 Å². The monoisotopic (exact) mass is 361 g/mol. The maximum absolute atomic E-state index is 6.05. The van der Waals surface area contributed by atoms with E-state index in [9.17, 15) is 0 Å². The minimum atomic E-state index is 0.360. The van der Waals surface area contributed by atoms with Crippen molar-refractivity contribution < 1.29 is 4.74 Å². The summed E-state index contributed by atoms with van der Waals surface area (Å²) in [6.07, 6.45) is 0. The second kappa shape index (κ2) is 6.04. The van der Waals surface area contributed by atoms with E-state index in [0.717, 1.165) is 32.3 Å². The van der Waals surface area contributed by atoms with Crippen LogP contribution in [0.2, 0.25) is 0 Å². The lowest BCUT2D eigenvalue weighted by Crippen LogP contribution is -1.95. The van der Waals surface area contributed by atoms with Gasteiger partial charge in [-0.3, -0.25) is 0 Å². The number of fused-ring (bicyclic) bond motifs is 1. The zero-order valence-corrected chi connectivity index (χ0v) is 13.8. The van der Waals surface area contributed by atoms with E-state index in [0.29, 0.717) is 11.8 Å². The summed E-state index contributed by atoms with van der Waals surface area (Å²) in [6.45, 7) is 2.01. The molecule has 4 heteroatoms. The molecule has 3 aromatic rings. The van der Waals surface area contributed by atoms with Gasteiger partial charge in [0.25, 0.3) is 0 Å². The highest BCUT2D eigenvalue weighted by molar-refractivity contribution is 9.10. The fourth-order valence-electron chi connectivity index (χ4n) is 2.15. The van der Waals surface area contributed by atoms with Crippen LogP contribution < -0.4 is 4.74 Å². The van der Waals surface area contributed by atoms with Crippen LogP contribution in [-0.4, -0.2) is 4.98 Å². The van der Waals surface area contributed by atoms with Crippen LogP contribution in [0.25, 0.3) is 10.8 Å². The van der Waals surface area contributed by atoms with E-state index in [1.165, 1.54) is 0 Å². The van der Waals surface area contributed by atoms with Gasteiger partial charge < -0.3 is 4.74 Å². The molecular weight excluding hydrogens is 350 g/mol.